The largest absolute Gasteiger partial charge is 0.458 e. The molecule has 0 aromatic carbocycles. The monoisotopic (exact) mass is 394 g/mol. The number of rotatable bonds is 8. The third-order valence-electron chi connectivity index (χ3n) is 2.97. The van der Waals surface area contributed by atoms with Crippen molar-refractivity contribution in [2.45, 2.75) is 57.2 Å². The summed E-state index contributed by atoms with van der Waals surface area (Å²) in [5.41, 5.74) is 0. The normalized spacial score (nSPS) is 20.6. The first-order chi connectivity index (χ1) is 9.08. The molecule has 0 saturated carbocycles. The quantitative estimate of drug-likeness (QED) is 0.380. The SMILES string of the molecule is O=C1CC[C@@H](/C=C/[C@H](O)CCCCCC=C(Br)Br)O1. The fraction of sp³-hybridized carbons (Fsp3) is 0.643. The molecule has 0 radical (unpaired) electrons. The molecule has 3 nitrogen and oxygen atoms in total. The molecule has 1 aliphatic rings. The van der Waals surface area contributed by atoms with Crippen LogP contribution in [0.25, 0.3) is 0 Å². The molecule has 0 aromatic rings. The van der Waals surface area contributed by atoms with Gasteiger partial charge >= 0.3 is 5.97 Å². The van der Waals surface area contributed by atoms with Crippen LogP contribution in [-0.2, 0) is 9.53 Å². The van der Waals surface area contributed by atoms with Gasteiger partial charge in [0.1, 0.15) is 6.10 Å². The van der Waals surface area contributed by atoms with Gasteiger partial charge in [-0.3, -0.25) is 4.79 Å². The van der Waals surface area contributed by atoms with Gasteiger partial charge in [-0.25, -0.2) is 0 Å². The van der Waals surface area contributed by atoms with Crippen molar-refractivity contribution in [1.29, 1.82) is 0 Å². The topological polar surface area (TPSA) is 46.5 Å². The second-order valence-corrected chi connectivity index (χ2v) is 7.42. The molecule has 2 atom stereocenters. The second-order valence-electron chi connectivity index (χ2n) is 4.65. The van der Waals surface area contributed by atoms with Crippen LogP contribution in [0.4, 0.5) is 0 Å². The van der Waals surface area contributed by atoms with Crippen molar-refractivity contribution in [2.24, 2.45) is 0 Å². The number of halogens is 2. The van der Waals surface area contributed by atoms with Gasteiger partial charge in [0.2, 0.25) is 0 Å². The van der Waals surface area contributed by atoms with E-state index in [1.165, 1.54) is 0 Å². The number of hydrogen-bond donors (Lipinski definition) is 1. The minimum absolute atomic E-state index is 0.136. The summed E-state index contributed by atoms with van der Waals surface area (Å²) in [6.45, 7) is 0. The first kappa shape index (κ1) is 16.9. The summed E-state index contributed by atoms with van der Waals surface area (Å²) in [7, 11) is 0. The maximum atomic E-state index is 10.9. The summed E-state index contributed by atoms with van der Waals surface area (Å²) in [6.07, 6.45) is 11.3. The number of unbranched alkanes of at least 4 members (excludes halogenated alkanes) is 3. The summed E-state index contributed by atoms with van der Waals surface area (Å²) < 4.78 is 6.03. The van der Waals surface area contributed by atoms with Gasteiger partial charge in [0, 0.05) is 6.42 Å². The van der Waals surface area contributed by atoms with Gasteiger partial charge in [0.25, 0.3) is 0 Å². The Morgan fingerprint density at radius 2 is 2.21 bits per heavy atom. The van der Waals surface area contributed by atoms with E-state index >= 15 is 0 Å². The summed E-state index contributed by atoms with van der Waals surface area (Å²) in [5.74, 6) is -0.143. The number of aliphatic hydroxyl groups excluding tert-OH is 1. The van der Waals surface area contributed by atoms with Crippen molar-refractivity contribution in [2.75, 3.05) is 0 Å². The Balaban J connectivity index is 2.04. The fourth-order valence-electron chi connectivity index (χ4n) is 1.92. The molecular weight excluding hydrogens is 376 g/mol. The standard InChI is InChI=1S/C14H20Br2O3/c15-13(16)6-4-2-1-3-5-11(17)7-8-12-9-10-14(18)19-12/h6-8,11-12,17H,1-5,9-10H2/b8-7+/t11-,12-/m1/s1. The number of cyclic esters (lactones) is 1. The number of carbonyl (C=O) groups is 1. The van der Waals surface area contributed by atoms with Crippen LogP contribution in [0.3, 0.4) is 0 Å². The van der Waals surface area contributed by atoms with Crippen molar-refractivity contribution >= 4 is 37.8 Å². The van der Waals surface area contributed by atoms with E-state index in [0.717, 1.165) is 41.9 Å². The highest BCUT2D eigenvalue weighted by Crippen LogP contribution is 2.17. The highest BCUT2D eigenvalue weighted by molar-refractivity contribution is 9.28. The zero-order valence-corrected chi connectivity index (χ0v) is 14.0. The zero-order valence-electron chi connectivity index (χ0n) is 10.9. The lowest BCUT2D eigenvalue weighted by atomic mass is 10.1. The van der Waals surface area contributed by atoms with Gasteiger partial charge in [0.05, 0.1) is 9.50 Å². The maximum absolute atomic E-state index is 10.9. The number of aliphatic hydroxyl groups is 1. The minimum atomic E-state index is -0.433. The molecule has 1 rings (SSSR count). The lowest BCUT2D eigenvalue weighted by Crippen LogP contribution is -2.06. The van der Waals surface area contributed by atoms with Crippen LogP contribution in [0.2, 0.25) is 0 Å². The third kappa shape index (κ3) is 8.60. The lowest BCUT2D eigenvalue weighted by molar-refractivity contribution is -0.140. The van der Waals surface area contributed by atoms with E-state index in [1.54, 1.807) is 12.2 Å². The number of carbonyl (C=O) groups excluding carboxylic acids is 1. The van der Waals surface area contributed by atoms with E-state index in [-0.39, 0.29) is 12.1 Å². The Bertz CT molecular complexity index is 336. The van der Waals surface area contributed by atoms with Gasteiger partial charge < -0.3 is 9.84 Å². The molecule has 0 aromatic heterocycles. The lowest BCUT2D eigenvalue weighted by Gasteiger charge is -2.07. The molecule has 0 unspecified atom stereocenters. The Morgan fingerprint density at radius 1 is 1.42 bits per heavy atom. The summed E-state index contributed by atoms with van der Waals surface area (Å²) in [6, 6.07) is 0. The van der Waals surface area contributed by atoms with Crippen molar-refractivity contribution in [3.8, 4) is 0 Å². The summed E-state index contributed by atoms with van der Waals surface area (Å²) in [5, 5.41) is 9.77. The molecule has 0 bridgehead atoms. The maximum Gasteiger partial charge on any atom is 0.306 e. The van der Waals surface area contributed by atoms with Gasteiger partial charge in [-0.2, -0.15) is 0 Å². The molecule has 1 aliphatic heterocycles. The zero-order chi connectivity index (χ0) is 14.1. The Morgan fingerprint density at radius 3 is 2.84 bits per heavy atom. The van der Waals surface area contributed by atoms with Crippen molar-refractivity contribution in [3.63, 3.8) is 0 Å². The van der Waals surface area contributed by atoms with E-state index in [1.807, 2.05) is 0 Å². The minimum Gasteiger partial charge on any atom is -0.458 e. The molecule has 108 valence electrons. The molecular formula is C14H20Br2O3. The average molecular weight is 396 g/mol. The van der Waals surface area contributed by atoms with E-state index in [0.29, 0.717) is 6.42 Å². The van der Waals surface area contributed by atoms with Crippen molar-refractivity contribution < 1.29 is 14.6 Å². The molecule has 19 heavy (non-hydrogen) atoms. The second kappa shape index (κ2) is 9.72. The van der Waals surface area contributed by atoms with Crippen LogP contribution < -0.4 is 0 Å². The van der Waals surface area contributed by atoms with E-state index in [4.69, 9.17) is 4.74 Å². The molecule has 1 N–H and O–H groups in total. The molecule has 0 aliphatic carbocycles. The summed E-state index contributed by atoms with van der Waals surface area (Å²) in [4.78, 5) is 10.9. The molecule has 1 fully saturated rings. The van der Waals surface area contributed by atoms with Gasteiger partial charge in [-0.15, -0.1) is 0 Å². The smallest absolute Gasteiger partial charge is 0.306 e. The van der Waals surface area contributed by atoms with E-state index < -0.39 is 6.10 Å². The highest BCUT2D eigenvalue weighted by Gasteiger charge is 2.20. The average Bonchev–Trinajstić information content (AvgIpc) is 2.76. The number of hydrogen-bond acceptors (Lipinski definition) is 3. The van der Waals surface area contributed by atoms with Crippen LogP contribution in [0.5, 0.6) is 0 Å². The van der Waals surface area contributed by atoms with E-state index in [9.17, 15) is 9.90 Å². The predicted octanol–water partition coefficient (Wildman–Crippen LogP) is 4.19. The Kier molecular flexibility index (Phi) is 8.66. The van der Waals surface area contributed by atoms with Gasteiger partial charge in [-0.1, -0.05) is 25.0 Å². The number of esters is 1. The summed E-state index contributed by atoms with van der Waals surface area (Å²) >= 11 is 6.63. The van der Waals surface area contributed by atoms with Gasteiger partial charge in [0.15, 0.2) is 0 Å². The van der Waals surface area contributed by atoms with Crippen LogP contribution in [0.1, 0.15) is 44.9 Å². The van der Waals surface area contributed by atoms with Crippen LogP contribution in [-0.4, -0.2) is 23.3 Å². The van der Waals surface area contributed by atoms with Crippen LogP contribution >= 0.6 is 31.9 Å². The number of ether oxygens (including phenoxy) is 1. The highest BCUT2D eigenvalue weighted by atomic mass is 79.9. The van der Waals surface area contributed by atoms with Crippen LogP contribution in [0, 0.1) is 0 Å². The Labute approximate surface area is 131 Å². The molecule has 0 spiro atoms. The van der Waals surface area contributed by atoms with Crippen molar-refractivity contribution in [1.82, 2.24) is 0 Å². The predicted molar refractivity (Wildman–Crippen MR) is 83.3 cm³/mol. The first-order valence-electron chi connectivity index (χ1n) is 6.65. The molecule has 1 heterocycles. The Hall–Kier alpha value is -0.130. The van der Waals surface area contributed by atoms with Crippen LogP contribution in [0.15, 0.2) is 21.6 Å². The number of allylic oxidation sites excluding steroid dienone is 1. The first-order valence-corrected chi connectivity index (χ1v) is 8.23. The fourth-order valence-corrected chi connectivity index (χ4v) is 2.37. The molecule has 0 amide bonds. The third-order valence-corrected chi connectivity index (χ3v) is 3.61. The molecule has 1 saturated heterocycles. The van der Waals surface area contributed by atoms with Crippen molar-refractivity contribution in [3.05, 3.63) is 21.6 Å². The molecule has 5 heteroatoms. The van der Waals surface area contributed by atoms with Gasteiger partial charge in [-0.05, 0) is 63.6 Å². The van der Waals surface area contributed by atoms with E-state index in [2.05, 4.69) is 37.9 Å².